The van der Waals surface area contributed by atoms with Gasteiger partial charge in [0.05, 0.1) is 11.9 Å². The topological polar surface area (TPSA) is 110 Å². The molecule has 3 amide bonds. The second-order valence-electron chi connectivity index (χ2n) is 7.12. The number of hydrogen-bond acceptors (Lipinski definition) is 7. The predicted molar refractivity (Wildman–Crippen MR) is 97.9 cm³/mol. The first-order valence-corrected chi connectivity index (χ1v) is 9.41. The van der Waals surface area contributed by atoms with Crippen molar-refractivity contribution in [2.45, 2.75) is 38.0 Å². The van der Waals surface area contributed by atoms with Crippen molar-refractivity contribution in [3.8, 4) is 0 Å². The van der Waals surface area contributed by atoms with Gasteiger partial charge in [0.1, 0.15) is 24.3 Å². The van der Waals surface area contributed by atoms with Gasteiger partial charge in [-0.25, -0.2) is 4.98 Å². The first-order valence-electron chi connectivity index (χ1n) is 9.41. The van der Waals surface area contributed by atoms with E-state index in [9.17, 15) is 14.4 Å². The van der Waals surface area contributed by atoms with Crippen LogP contribution in [-0.4, -0.2) is 48.1 Å². The second kappa shape index (κ2) is 7.87. The quantitative estimate of drug-likeness (QED) is 0.732. The Bertz CT molecular complexity index is 778. The fourth-order valence-corrected chi connectivity index (χ4v) is 3.67. The van der Waals surface area contributed by atoms with Crippen molar-refractivity contribution in [2.75, 3.05) is 18.0 Å². The summed E-state index contributed by atoms with van der Waals surface area (Å²) in [5.41, 5.74) is 1.18. The Morgan fingerprint density at radius 2 is 1.89 bits per heavy atom. The van der Waals surface area contributed by atoms with E-state index in [1.54, 1.807) is 24.8 Å². The van der Waals surface area contributed by atoms with Crippen molar-refractivity contribution < 1.29 is 23.9 Å². The fourth-order valence-electron chi connectivity index (χ4n) is 3.67. The average molecular weight is 386 g/mol. The minimum atomic E-state index is -0.708. The number of imide groups is 1. The zero-order chi connectivity index (χ0) is 19.5. The van der Waals surface area contributed by atoms with Crippen LogP contribution in [0.15, 0.2) is 30.9 Å². The molecule has 3 aliphatic rings. The van der Waals surface area contributed by atoms with E-state index in [-0.39, 0.29) is 24.3 Å². The van der Waals surface area contributed by atoms with Crippen LogP contribution in [0.5, 0.6) is 0 Å². The van der Waals surface area contributed by atoms with Crippen LogP contribution < -0.4 is 15.5 Å². The number of anilines is 1. The number of aromatic nitrogens is 1. The molecule has 28 heavy (non-hydrogen) atoms. The average Bonchev–Trinajstić information content (AvgIpc) is 3.25. The molecule has 4 rings (SSSR count). The van der Waals surface area contributed by atoms with Crippen molar-refractivity contribution >= 4 is 23.4 Å². The molecule has 1 aromatic heterocycles. The van der Waals surface area contributed by atoms with Crippen LogP contribution in [0.1, 0.15) is 36.2 Å². The fraction of sp³-hybridized carbons (Fsp3) is 0.474. The van der Waals surface area contributed by atoms with E-state index in [0.717, 1.165) is 31.6 Å². The smallest absolute Gasteiger partial charge is 0.270 e. The Hall–Kier alpha value is -3.10. The molecular formula is C19H22N4O5. The number of hydrogen-bond donors (Lipinski definition) is 2. The molecule has 1 unspecified atom stereocenters. The number of carbonyl (C=O) groups is 3. The van der Waals surface area contributed by atoms with Crippen molar-refractivity contribution in [3.05, 3.63) is 36.5 Å². The summed E-state index contributed by atoms with van der Waals surface area (Å²) in [6.45, 7) is 1.72. The van der Waals surface area contributed by atoms with E-state index in [4.69, 9.17) is 9.47 Å². The minimum Gasteiger partial charge on any atom is -0.459 e. The van der Waals surface area contributed by atoms with E-state index in [2.05, 4.69) is 20.5 Å². The third-order valence-electron chi connectivity index (χ3n) is 5.30. The summed E-state index contributed by atoms with van der Waals surface area (Å²) in [4.78, 5) is 41.7. The zero-order valence-electron chi connectivity index (χ0n) is 15.3. The van der Waals surface area contributed by atoms with Crippen LogP contribution in [0, 0.1) is 5.92 Å². The first-order chi connectivity index (χ1) is 13.6. The highest BCUT2D eigenvalue weighted by Gasteiger charge is 2.31. The van der Waals surface area contributed by atoms with E-state index in [1.807, 2.05) is 6.07 Å². The molecule has 3 aliphatic heterocycles. The van der Waals surface area contributed by atoms with Crippen LogP contribution in [0.25, 0.3) is 0 Å². The van der Waals surface area contributed by atoms with Crippen molar-refractivity contribution in [3.63, 3.8) is 0 Å². The maximum atomic E-state index is 12.3. The molecule has 0 spiro atoms. The standard InChI is InChI=1S/C19H22N4O5/c24-16-4-3-15(18(26)22-16)21-17(25)14-2-1-13(11-20-14)23-7-5-12(6-8-23)19-27-9-10-28-19/h1-2,9-12,15,19H,3-8H2,(H,21,25)(H,22,24,26). The van der Waals surface area contributed by atoms with Crippen LogP contribution in [-0.2, 0) is 19.1 Å². The largest absolute Gasteiger partial charge is 0.459 e. The summed E-state index contributed by atoms with van der Waals surface area (Å²) >= 11 is 0. The van der Waals surface area contributed by atoms with Gasteiger partial charge < -0.3 is 19.7 Å². The number of nitrogens with one attached hydrogen (secondary N) is 2. The Morgan fingerprint density at radius 1 is 1.14 bits per heavy atom. The number of piperidine rings is 2. The van der Waals surface area contributed by atoms with Gasteiger partial charge in [-0.05, 0) is 31.4 Å². The molecule has 1 aromatic rings. The summed E-state index contributed by atoms with van der Waals surface area (Å²) in [5.74, 6) is -0.862. The van der Waals surface area contributed by atoms with Gasteiger partial charge in [0.2, 0.25) is 18.1 Å². The molecule has 4 heterocycles. The maximum Gasteiger partial charge on any atom is 0.270 e. The number of pyridine rings is 1. The Labute approximate surface area is 162 Å². The number of carbonyl (C=O) groups excluding carboxylic acids is 3. The molecule has 2 N–H and O–H groups in total. The van der Waals surface area contributed by atoms with Gasteiger partial charge in [-0.1, -0.05) is 0 Å². The van der Waals surface area contributed by atoms with E-state index >= 15 is 0 Å². The summed E-state index contributed by atoms with van der Waals surface area (Å²) in [6.07, 6.45) is 7.06. The molecule has 2 saturated heterocycles. The zero-order valence-corrected chi connectivity index (χ0v) is 15.3. The highest BCUT2D eigenvalue weighted by molar-refractivity contribution is 6.03. The number of nitrogens with zero attached hydrogens (tertiary/aromatic N) is 2. The maximum absolute atomic E-state index is 12.3. The Morgan fingerprint density at radius 3 is 2.54 bits per heavy atom. The summed E-state index contributed by atoms with van der Waals surface area (Å²) in [6, 6.07) is 2.80. The normalized spacial score (nSPS) is 23.1. The van der Waals surface area contributed by atoms with Crippen LogP contribution >= 0.6 is 0 Å². The lowest BCUT2D eigenvalue weighted by atomic mass is 9.96. The monoisotopic (exact) mass is 386 g/mol. The van der Waals surface area contributed by atoms with E-state index in [1.165, 1.54) is 0 Å². The molecule has 0 aromatic carbocycles. The molecule has 0 saturated carbocycles. The van der Waals surface area contributed by atoms with Gasteiger partial charge in [0.15, 0.2) is 0 Å². The van der Waals surface area contributed by atoms with E-state index in [0.29, 0.717) is 12.3 Å². The highest BCUT2D eigenvalue weighted by Crippen LogP contribution is 2.28. The number of amides is 3. The van der Waals surface area contributed by atoms with Gasteiger partial charge in [0.25, 0.3) is 5.91 Å². The molecule has 1 atom stereocenters. The van der Waals surface area contributed by atoms with Crippen molar-refractivity contribution in [1.29, 1.82) is 0 Å². The SMILES string of the molecule is O=C1CCC(NC(=O)c2ccc(N3CCC(C4OC=CO4)CC3)cn2)C(=O)N1. The van der Waals surface area contributed by atoms with Gasteiger partial charge in [0, 0.05) is 25.4 Å². The third-order valence-corrected chi connectivity index (χ3v) is 5.30. The lowest BCUT2D eigenvalue weighted by Gasteiger charge is -2.34. The number of ether oxygens (including phenoxy) is 2. The molecular weight excluding hydrogens is 364 g/mol. The molecule has 0 radical (unpaired) electrons. The Kier molecular flexibility index (Phi) is 5.14. The Balaban J connectivity index is 1.30. The summed E-state index contributed by atoms with van der Waals surface area (Å²) < 4.78 is 10.9. The number of rotatable bonds is 4. The molecule has 9 heteroatoms. The molecule has 0 aliphatic carbocycles. The third kappa shape index (κ3) is 3.92. The second-order valence-corrected chi connectivity index (χ2v) is 7.12. The molecule has 9 nitrogen and oxygen atoms in total. The van der Waals surface area contributed by atoms with Gasteiger partial charge in [-0.2, -0.15) is 0 Å². The predicted octanol–water partition coefficient (Wildman–Crippen LogP) is 0.677. The molecule has 0 bridgehead atoms. The lowest BCUT2D eigenvalue weighted by molar-refractivity contribution is -0.134. The van der Waals surface area contributed by atoms with Crippen LogP contribution in [0.4, 0.5) is 5.69 Å². The summed E-state index contributed by atoms with van der Waals surface area (Å²) in [7, 11) is 0. The van der Waals surface area contributed by atoms with Gasteiger partial charge >= 0.3 is 0 Å². The van der Waals surface area contributed by atoms with Crippen LogP contribution in [0.3, 0.4) is 0 Å². The molecule has 148 valence electrons. The highest BCUT2D eigenvalue weighted by atomic mass is 16.7. The molecule has 2 fully saturated rings. The lowest BCUT2D eigenvalue weighted by Crippen LogP contribution is -2.52. The van der Waals surface area contributed by atoms with Gasteiger partial charge in [-0.15, -0.1) is 0 Å². The first kappa shape index (κ1) is 18.3. The van der Waals surface area contributed by atoms with E-state index < -0.39 is 17.9 Å². The van der Waals surface area contributed by atoms with Crippen molar-refractivity contribution in [2.24, 2.45) is 5.92 Å². The van der Waals surface area contributed by atoms with Crippen LogP contribution in [0.2, 0.25) is 0 Å². The minimum absolute atomic E-state index is 0.182. The van der Waals surface area contributed by atoms with Gasteiger partial charge in [-0.3, -0.25) is 19.7 Å². The summed E-state index contributed by atoms with van der Waals surface area (Å²) in [5, 5.41) is 4.85. The van der Waals surface area contributed by atoms with Crippen molar-refractivity contribution in [1.82, 2.24) is 15.6 Å².